The Morgan fingerprint density at radius 3 is 2.23 bits per heavy atom. The number of carbonyl (C=O) groups excluding carboxylic acids is 10. The summed E-state index contributed by atoms with van der Waals surface area (Å²) < 4.78 is 11.6. The third-order valence-electron chi connectivity index (χ3n) is 15.4. The van der Waals surface area contributed by atoms with Gasteiger partial charge in [-0.15, -0.1) is 11.6 Å². The molecule has 3 aliphatic rings. The summed E-state index contributed by atoms with van der Waals surface area (Å²) in [6.07, 6.45) is 3.14. The summed E-state index contributed by atoms with van der Waals surface area (Å²) in [6.45, 7) is 7.57. The van der Waals surface area contributed by atoms with Crippen molar-refractivity contribution in [2.75, 3.05) is 95.3 Å². The van der Waals surface area contributed by atoms with Gasteiger partial charge in [0.2, 0.25) is 17.7 Å². The van der Waals surface area contributed by atoms with Crippen LogP contribution in [0.3, 0.4) is 0 Å². The number of aromatic amines is 1. The van der Waals surface area contributed by atoms with Crippen molar-refractivity contribution < 1.29 is 57.4 Å². The highest BCUT2D eigenvalue weighted by atomic mass is 35.5. The van der Waals surface area contributed by atoms with E-state index in [4.69, 9.17) is 26.8 Å². The van der Waals surface area contributed by atoms with E-state index in [9.17, 15) is 47.9 Å². The van der Waals surface area contributed by atoms with Crippen molar-refractivity contribution in [3.05, 3.63) is 113 Å². The second kappa shape index (κ2) is 30.0. The number of aromatic nitrogens is 1. The molecule has 24 heteroatoms. The number of fused-ring (bicyclic) bond motifs is 4. The van der Waals surface area contributed by atoms with Gasteiger partial charge in [-0.3, -0.25) is 43.3 Å². The van der Waals surface area contributed by atoms with Crippen molar-refractivity contribution in [1.82, 2.24) is 41.0 Å². The number of halogens is 1. The lowest BCUT2D eigenvalue weighted by atomic mass is 9.95. The van der Waals surface area contributed by atoms with E-state index in [0.29, 0.717) is 78.5 Å². The Morgan fingerprint density at radius 1 is 0.791 bits per heavy atom. The summed E-state index contributed by atoms with van der Waals surface area (Å²) in [7, 11) is 2.01. The maximum atomic E-state index is 14.5. The van der Waals surface area contributed by atoms with Crippen molar-refractivity contribution >= 4 is 104 Å². The number of nitrogens with two attached hydrogens (primary N) is 1. The number of hydrogen-bond donors (Lipinski definition) is 7. The van der Waals surface area contributed by atoms with Gasteiger partial charge in [-0.25, -0.2) is 9.59 Å². The van der Waals surface area contributed by atoms with E-state index in [1.807, 2.05) is 63.4 Å². The zero-order valence-electron chi connectivity index (χ0n) is 48.5. The van der Waals surface area contributed by atoms with Crippen LogP contribution < -0.4 is 42.0 Å². The highest BCUT2D eigenvalue weighted by molar-refractivity contribution is 6.19. The number of rotatable bonds is 29. The molecular formula is C62H74ClN11O12. The molecule has 0 saturated carbocycles. The summed E-state index contributed by atoms with van der Waals surface area (Å²) in [5.41, 5.74) is 9.29. The first kappa shape index (κ1) is 63.5. The molecule has 1 fully saturated rings. The van der Waals surface area contributed by atoms with E-state index in [1.54, 1.807) is 46.2 Å². The van der Waals surface area contributed by atoms with E-state index in [2.05, 4.69) is 36.5 Å². The van der Waals surface area contributed by atoms with Crippen LogP contribution in [0.25, 0.3) is 21.7 Å². The number of hydrogen-bond acceptors (Lipinski definition) is 14. The Balaban J connectivity index is 0.816. The van der Waals surface area contributed by atoms with Gasteiger partial charge in [-0.05, 0) is 97.8 Å². The van der Waals surface area contributed by atoms with E-state index in [1.165, 1.54) is 0 Å². The molecule has 8 N–H and O–H groups in total. The molecule has 4 aromatic carbocycles. The molecule has 23 nitrogen and oxygen atoms in total. The molecule has 0 aliphatic carbocycles. The number of imide groups is 1. The summed E-state index contributed by atoms with van der Waals surface area (Å²) in [5.74, 6) is -2.49. The lowest BCUT2D eigenvalue weighted by Crippen LogP contribution is -2.53. The van der Waals surface area contributed by atoms with Crippen LogP contribution in [0.4, 0.5) is 21.0 Å². The highest BCUT2D eigenvalue weighted by Crippen LogP contribution is 2.46. The predicted molar refractivity (Wildman–Crippen MR) is 324 cm³/mol. The van der Waals surface area contributed by atoms with Crippen molar-refractivity contribution in [2.24, 2.45) is 11.7 Å². The smallest absolute Gasteiger partial charge is 0.409 e. The maximum absolute atomic E-state index is 14.5. The molecule has 4 heterocycles. The number of urea groups is 1. The Kier molecular flexibility index (Phi) is 22.2. The fraction of sp³-hybridized carbons (Fsp3) is 0.419. The third-order valence-corrected chi connectivity index (χ3v) is 15.8. The Labute approximate surface area is 503 Å². The molecule has 0 bridgehead atoms. The highest BCUT2D eigenvalue weighted by Gasteiger charge is 2.37. The average Bonchev–Trinajstić information content (AvgIpc) is 1.92. The maximum Gasteiger partial charge on any atom is 0.415 e. The second-order valence-corrected chi connectivity index (χ2v) is 22.3. The topological polar surface area (TPSA) is 304 Å². The van der Waals surface area contributed by atoms with Gasteiger partial charge in [0.15, 0.2) is 5.78 Å². The number of piperazine rings is 1. The molecule has 5 aromatic rings. The number of ketones is 2. The van der Waals surface area contributed by atoms with E-state index in [0.717, 1.165) is 51.9 Å². The fourth-order valence-electron chi connectivity index (χ4n) is 10.6. The van der Waals surface area contributed by atoms with Crippen molar-refractivity contribution in [2.45, 2.75) is 76.8 Å². The van der Waals surface area contributed by atoms with Crippen LogP contribution in [0.15, 0.2) is 91.0 Å². The van der Waals surface area contributed by atoms with Crippen LogP contribution >= 0.6 is 11.6 Å². The molecule has 86 heavy (non-hydrogen) atoms. The number of H-pyrrole nitrogens is 1. The molecule has 3 atom stereocenters. The predicted octanol–water partition coefficient (Wildman–Crippen LogP) is 5.15. The number of likely N-dealkylation sites (N-methyl/N-ethyl adjacent to an activating group) is 1. The largest absolute Gasteiger partial charge is 0.415 e. The Morgan fingerprint density at radius 2 is 1.52 bits per heavy atom. The molecule has 1 saturated heterocycles. The lowest BCUT2D eigenvalue weighted by Gasteiger charge is -2.31. The van der Waals surface area contributed by atoms with Crippen LogP contribution in [0, 0.1) is 5.92 Å². The van der Waals surface area contributed by atoms with Crippen LogP contribution in [0.5, 0.6) is 5.75 Å². The van der Waals surface area contributed by atoms with Crippen molar-refractivity contribution in [3.63, 3.8) is 0 Å². The van der Waals surface area contributed by atoms with Gasteiger partial charge in [0.1, 0.15) is 23.3 Å². The molecule has 3 aliphatic heterocycles. The normalized spacial score (nSPS) is 15.7. The van der Waals surface area contributed by atoms with Crippen molar-refractivity contribution in [1.29, 1.82) is 0 Å². The van der Waals surface area contributed by atoms with Gasteiger partial charge in [-0.1, -0.05) is 44.2 Å². The number of alkyl halides is 1. The Hall–Kier alpha value is -8.51. The van der Waals surface area contributed by atoms with Crippen LogP contribution in [0.2, 0.25) is 0 Å². The standard InChI is InChI=1S/C62H74ClN11O12/c1-38(2)57(66-22-6-8-44(75)21-30-85-31-24-65-53(77)20-25-73-54(78)18-19-55(73)79)59(81)70-48(11-7-23-67-61(64)83)58(80)68-43-15-13-40(14-16-43)51(76)33-39-12-17-47-41(32-39)34-49(69-47)60(82)74-37-42(36-63)56-46-10-5-4-9-45(46)52(35-50(56)74)86-62(84)72-28-26-71(3)27-29-72/h4-5,9-10,12-19,32,34-35,38,42,48,57,66,69H,6-8,11,20-31,33,36-37H2,1-3H3,(H,65,77)(H,68,80)(H,70,81)(H3,64,67,83)/t42-,48+,57+/m1/s1. The number of carbonyl (C=O) groups is 10. The number of benzene rings is 4. The number of primary amides is 1. The number of nitrogens with one attached hydrogen (secondary N) is 6. The summed E-state index contributed by atoms with van der Waals surface area (Å²) in [4.78, 5) is 138. The van der Waals surface area contributed by atoms with Gasteiger partial charge in [0, 0.05) is 136 Å². The minimum absolute atomic E-state index is 0.0208. The van der Waals surface area contributed by atoms with E-state index in [-0.39, 0.29) is 106 Å². The number of anilines is 2. The monoisotopic (exact) mass is 1200 g/mol. The minimum atomic E-state index is -1.02. The van der Waals surface area contributed by atoms with Crippen LogP contribution in [-0.2, 0) is 39.9 Å². The zero-order valence-corrected chi connectivity index (χ0v) is 49.3. The van der Waals surface area contributed by atoms with Gasteiger partial charge in [0.05, 0.1) is 24.9 Å². The first-order valence-corrected chi connectivity index (χ1v) is 29.5. The van der Waals surface area contributed by atoms with Gasteiger partial charge in [-0.2, -0.15) is 0 Å². The molecule has 456 valence electrons. The number of amides is 9. The summed E-state index contributed by atoms with van der Waals surface area (Å²) in [6, 6.07) is 20.6. The molecule has 0 spiro atoms. The van der Waals surface area contributed by atoms with Crippen molar-refractivity contribution in [3.8, 4) is 5.75 Å². The molecule has 0 unspecified atom stereocenters. The Bertz CT molecular complexity index is 3360. The molecule has 1 aromatic heterocycles. The van der Waals surface area contributed by atoms with Crippen LogP contribution in [-0.4, -0.2) is 176 Å². The average molecular weight is 1200 g/mol. The van der Waals surface area contributed by atoms with E-state index < -0.39 is 47.8 Å². The quantitative estimate of drug-likeness (QED) is 0.0141. The first-order chi connectivity index (χ1) is 41.4. The fourth-order valence-corrected chi connectivity index (χ4v) is 10.9. The summed E-state index contributed by atoms with van der Waals surface area (Å²) >= 11 is 6.57. The number of Topliss-reactive ketones (excluding diaryl/α,β-unsaturated/α-hetero) is 2. The molecular weight excluding hydrogens is 1130 g/mol. The second-order valence-electron chi connectivity index (χ2n) is 22.0. The van der Waals surface area contributed by atoms with Gasteiger partial charge >= 0.3 is 12.1 Å². The molecule has 9 amide bonds. The van der Waals surface area contributed by atoms with Gasteiger partial charge in [0.25, 0.3) is 17.7 Å². The lowest BCUT2D eigenvalue weighted by molar-refractivity contribution is -0.137. The zero-order chi connectivity index (χ0) is 61.4. The number of nitrogens with zero attached hydrogens (tertiary/aromatic N) is 4. The third kappa shape index (κ3) is 16.7. The number of ether oxygens (including phenoxy) is 2. The first-order valence-electron chi connectivity index (χ1n) is 29.0. The summed E-state index contributed by atoms with van der Waals surface area (Å²) in [5, 5.41) is 16.4. The van der Waals surface area contributed by atoms with Gasteiger partial charge < -0.3 is 61.5 Å². The minimum Gasteiger partial charge on any atom is -0.409 e. The molecule has 8 rings (SSSR count). The SMILES string of the molecule is CC(C)[C@H](NCCCC(=O)CCOCCNC(=O)CCN1C(=O)C=CC1=O)C(=O)N[C@@H](CCCNC(N)=O)C(=O)Nc1ccc(C(=O)Cc2ccc3[nH]c(C(=O)N4C[C@@H](CCl)c5c4cc(OC(=O)N4CCN(C)CC4)c4ccccc54)cc3c2)cc1. The van der Waals surface area contributed by atoms with Crippen LogP contribution in [0.1, 0.15) is 90.3 Å². The van der Waals surface area contributed by atoms with E-state index >= 15 is 0 Å². The molecule has 0 radical (unpaired) electrons.